The molecular formula is C15H20N2O2. The number of amides is 1. The lowest BCUT2D eigenvalue weighted by Gasteiger charge is -2.21. The Morgan fingerprint density at radius 2 is 2.11 bits per heavy atom. The lowest BCUT2D eigenvalue weighted by Crippen LogP contribution is -2.43. The largest absolute Gasteiger partial charge is 0.508 e. The van der Waals surface area contributed by atoms with E-state index < -0.39 is 0 Å². The summed E-state index contributed by atoms with van der Waals surface area (Å²) in [6, 6.07) is 5.76. The van der Waals surface area contributed by atoms with Crippen molar-refractivity contribution in [3.63, 3.8) is 0 Å². The predicted molar refractivity (Wildman–Crippen MR) is 73.0 cm³/mol. The number of carbonyl (C=O) groups excluding carboxylic acids is 1. The van der Waals surface area contributed by atoms with E-state index in [2.05, 4.69) is 10.6 Å². The van der Waals surface area contributed by atoms with Crippen molar-refractivity contribution in [2.24, 2.45) is 0 Å². The second-order valence-electron chi connectivity index (χ2n) is 5.44. The first-order valence-corrected chi connectivity index (χ1v) is 7.10. The maximum Gasteiger partial charge on any atom is 0.237 e. The van der Waals surface area contributed by atoms with Crippen LogP contribution in [-0.2, 0) is 11.2 Å². The SMILES string of the molecule is O=C1NCCCCC1NC1CCc2c(O)cccc21. The van der Waals surface area contributed by atoms with Gasteiger partial charge in [0, 0.05) is 12.6 Å². The van der Waals surface area contributed by atoms with E-state index >= 15 is 0 Å². The molecule has 1 saturated heterocycles. The van der Waals surface area contributed by atoms with Gasteiger partial charge in [-0.25, -0.2) is 0 Å². The molecule has 0 spiro atoms. The van der Waals surface area contributed by atoms with Crippen LogP contribution < -0.4 is 10.6 Å². The molecule has 19 heavy (non-hydrogen) atoms. The number of nitrogens with one attached hydrogen (secondary N) is 2. The highest BCUT2D eigenvalue weighted by molar-refractivity contribution is 5.82. The van der Waals surface area contributed by atoms with Crippen LogP contribution in [0.5, 0.6) is 5.75 Å². The van der Waals surface area contributed by atoms with E-state index in [1.165, 1.54) is 0 Å². The van der Waals surface area contributed by atoms with Crippen LogP contribution in [0.15, 0.2) is 18.2 Å². The van der Waals surface area contributed by atoms with Gasteiger partial charge in [0.05, 0.1) is 6.04 Å². The molecule has 4 nitrogen and oxygen atoms in total. The van der Waals surface area contributed by atoms with Crippen molar-refractivity contribution in [2.45, 2.75) is 44.2 Å². The van der Waals surface area contributed by atoms with Gasteiger partial charge in [0.1, 0.15) is 5.75 Å². The van der Waals surface area contributed by atoms with Crippen molar-refractivity contribution in [3.05, 3.63) is 29.3 Å². The fourth-order valence-electron chi connectivity index (χ4n) is 3.15. The molecule has 1 aromatic carbocycles. The van der Waals surface area contributed by atoms with E-state index in [9.17, 15) is 9.90 Å². The zero-order valence-electron chi connectivity index (χ0n) is 11.0. The Morgan fingerprint density at radius 1 is 1.21 bits per heavy atom. The summed E-state index contributed by atoms with van der Waals surface area (Å²) in [5, 5.41) is 16.3. The van der Waals surface area contributed by atoms with Crippen LogP contribution in [0, 0.1) is 0 Å². The van der Waals surface area contributed by atoms with E-state index in [4.69, 9.17) is 0 Å². The second kappa shape index (κ2) is 5.21. The minimum atomic E-state index is -0.0965. The summed E-state index contributed by atoms with van der Waals surface area (Å²) in [6.45, 7) is 0.791. The Hall–Kier alpha value is -1.55. The third kappa shape index (κ3) is 2.45. The molecule has 1 heterocycles. The van der Waals surface area contributed by atoms with Gasteiger partial charge in [-0.2, -0.15) is 0 Å². The molecule has 1 aliphatic heterocycles. The van der Waals surface area contributed by atoms with Gasteiger partial charge in [0.2, 0.25) is 5.91 Å². The van der Waals surface area contributed by atoms with Crippen LogP contribution in [0.2, 0.25) is 0 Å². The van der Waals surface area contributed by atoms with Crippen LogP contribution in [0.3, 0.4) is 0 Å². The van der Waals surface area contributed by atoms with Gasteiger partial charge in [-0.1, -0.05) is 12.1 Å². The van der Waals surface area contributed by atoms with E-state index in [-0.39, 0.29) is 18.0 Å². The molecule has 0 aromatic heterocycles. The van der Waals surface area contributed by atoms with Crippen molar-refractivity contribution < 1.29 is 9.90 Å². The quantitative estimate of drug-likeness (QED) is 0.757. The van der Waals surface area contributed by atoms with Gasteiger partial charge < -0.3 is 10.4 Å². The smallest absolute Gasteiger partial charge is 0.237 e. The molecule has 0 saturated carbocycles. The van der Waals surface area contributed by atoms with Gasteiger partial charge in [0.15, 0.2) is 0 Å². The molecule has 1 fully saturated rings. The van der Waals surface area contributed by atoms with E-state index in [1.807, 2.05) is 12.1 Å². The fourth-order valence-corrected chi connectivity index (χ4v) is 3.15. The van der Waals surface area contributed by atoms with Crippen molar-refractivity contribution in [1.82, 2.24) is 10.6 Å². The van der Waals surface area contributed by atoms with Crippen LogP contribution >= 0.6 is 0 Å². The number of benzene rings is 1. The number of phenolic OH excluding ortho intramolecular Hbond substituents is 1. The summed E-state index contributed by atoms with van der Waals surface area (Å²) in [5.74, 6) is 0.498. The standard InChI is InChI=1S/C15H20N2O2/c18-14-6-3-4-10-11(14)7-8-12(10)17-13-5-1-2-9-16-15(13)19/h3-4,6,12-13,17-18H,1-2,5,7-9H2,(H,16,19). The first kappa shape index (κ1) is 12.5. The van der Waals surface area contributed by atoms with E-state index in [0.717, 1.165) is 49.8 Å². The summed E-state index contributed by atoms with van der Waals surface area (Å²) in [5.41, 5.74) is 2.19. The molecule has 3 N–H and O–H groups in total. The fraction of sp³-hybridized carbons (Fsp3) is 0.533. The summed E-state index contributed by atoms with van der Waals surface area (Å²) < 4.78 is 0. The molecule has 2 unspecified atom stereocenters. The Morgan fingerprint density at radius 3 is 3.00 bits per heavy atom. The van der Waals surface area contributed by atoms with Crippen molar-refractivity contribution >= 4 is 5.91 Å². The number of carbonyl (C=O) groups is 1. The van der Waals surface area contributed by atoms with Crippen molar-refractivity contribution in [1.29, 1.82) is 0 Å². The normalized spacial score (nSPS) is 26.6. The molecule has 3 rings (SSSR count). The van der Waals surface area contributed by atoms with Gasteiger partial charge in [0.25, 0.3) is 0 Å². The number of phenols is 1. The van der Waals surface area contributed by atoms with E-state index in [0.29, 0.717) is 5.75 Å². The predicted octanol–water partition coefficient (Wildman–Crippen LogP) is 1.64. The maximum atomic E-state index is 12.0. The Bertz CT molecular complexity index is 487. The Balaban J connectivity index is 1.75. The first-order valence-electron chi connectivity index (χ1n) is 7.10. The van der Waals surface area contributed by atoms with Crippen LogP contribution in [0.4, 0.5) is 0 Å². The molecule has 1 aliphatic carbocycles. The van der Waals surface area contributed by atoms with Crippen molar-refractivity contribution in [2.75, 3.05) is 6.54 Å². The third-order valence-corrected chi connectivity index (χ3v) is 4.18. The second-order valence-corrected chi connectivity index (χ2v) is 5.44. The Labute approximate surface area is 113 Å². The maximum absolute atomic E-state index is 12.0. The van der Waals surface area contributed by atoms with Gasteiger partial charge >= 0.3 is 0 Å². The molecule has 2 aliphatic rings. The van der Waals surface area contributed by atoms with Crippen LogP contribution in [0.25, 0.3) is 0 Å². The highest BCUT2D eigenvalue weighted by atomic mass is 16.3. The van der Waals surface area contributed by atoms with E-state index in [1.54, 1.807) is 6.07 Å². The molecule has 0 bridgehead atoms. The van der Waals surface area contributed by atoms with Gasteiger partial charge in [-0.15, -0.1) is 0 Å². The Kier molecular flexibility index (Phi) is 3.42. The summed E-state index contributed by atoms with van der Waals surface area (Å²) in [6.07, 6.45) is 4.88. The summed E-state index contributed by atoms with van der Waals surface area (Å²) in [4.78, 5) is 12.0. The average Bonchev–Trinajstić information content (AvgIpc) is 2.70. The van der Waals surface area contributed by atoms with Crippen molar-refractivity contribution in [3.8, 4) is 5.75 Å². The number of rotatable bonds is 2. The number of hydrogen-bond acceptors (Lipinski definition) is 3. The third-order valence-electron chi connectivity index (χ3n) is 4.18. The lowest BCUT2D eigenvalue weighted by atomic mass is 10.0. The number of fused-ring (bicyclic) bond motifs is 1. The van der Waals surface area contributed by atoms with Gasteiger partial charge in [-0.3, -0.25) is 10.1 Å². The zero-order valence-corrected chi connectivity index (χ0v) is 11.0. The van der Waals surface area contributed by atoms with Crippen LogP contribution in [0.1, 0.15) is 42.9 Å². The van der Waals surface area contributed by atoms with Gasteiger partial charge in [-0.05, 0) is 49.3 Å². The average molecular weight is 260 g/mol. The molecule has 2 atom stereocenters. The van der Waals surface area contributed by atoms with Crippen LogP contribution in [-0.4, -0.2) is 23.6 Å². The number of aromatic hydroxyl groups is 1. The molecule has 1 amide bonds. The highest BCUT2D eigenvalue weighted by Crippen LogP contribution is 2.36. The lowest BCUT2D eigenvalue weighted by molar-refractivity contribution is -0.123. The monoisotopic (exact) mass is 260 g/mol. The number of hydrogen-bond donors (Lipinski definition) is 3. The minimum Gasteiger partial charge on any atom is -0.508 e. The molecular weight excluding hydrogens is 240 g/mol. The molecule has 1 aromatic rings. The summed E-state index contributed by atoms with van der Waals surface area (Å²) >= 11 is 0. The molecule has 102 valence electrons. The highest BCUT2D eigenvalue weighted by Gasteiger charge is 2.29. The topological polar surface area (TPSA) is 61.4 Å². The molecule has 4 heteroatoms. The molecule has 0 radical (unpaired) electrons. The summed E-state index contributed by atoms with van der Waals surface area (Å²) in [7, 11) is 0. The zero-order chi connectivity index (χ0) is 13.2. The first-order chi connectivity index (χ1) is 9.25. The minimum absolute atomic E-state index is 0.0965.